The van der Waals surface area contributed by atoms with Crippen LogP contribution in [0.5, 0.6) is 0 Å². The lowest BCUT2D eigenvalue weighted by molar-refractivity contribution is 0.455. The van der Waals surface area contributed by atoms with E-state index in [0.29, 0.717) is 0 Å². The van der Waals surface area contributed by atoms with E-state index in [1.54, 1.807) is 11.1 Å². The molecule has 0 aromatic carbocycles. The minimum absolute atomic E-state index is 0.863. The van der Waals surface area contributed by atoms with Crippen LogP contribution >= 0.6 is 0 Å². The van der Waals surface area contributed by atoms with Crippen molar-refractivity contribution in [1.82, 2.24) is 0 Å². The minimum atomic E-state index is 0.863. The van der Waals surface area contributed by atoms with E-state index in [0.717, 1.165) is 11.8 Å². The summed E-state index contributed by atoms with van der Waals surface area (Å²) in [6.07, 6.45) is 23.9. The number of allylic oxidation sites excluding steroid dienone is 4. The molecule has 0 aromatic heterocycles. The zero-order valence-corrected chi connectivity index (χ0v) is 19.2. The summed E-state index contributed by atoms with van der Waals surface area (Å²) in [6.45, 7) is 14.0. The second kappa shape index (κ2) is 17.9. The molecule has 1 unspecified atom stereocenters. The molecule has 1 atom stereocenters. The average Bonchev–Trinajstić information content (AvgIpc) is 2.62. The van der Waals surface area contributed by atoms with Crippen LogP contribution in [0, 0.1) is 11.8 Å². The molecule has 0 amide bonds. The zero-order chi connectivity index (χ0) is 19.6. The summed E-state index contributed by atoms with van der Waals surface area (Å²) in [4.78, 5) is 0. The topological polar surface area (TPSA) is 0 Å². The van der Waals surface area contributed by atoms with Gasteiger partial charge in [0.25, 0.3) is 0 Å². The molecule has 154 valence electrons. The van der Waals surface area contributed by atoms with Crippen LogP contribution in [0.4, 0.5) is 0 Å². The van der Waals surface area contributed by atoms with Crippen LogP contribution in [-0.4, -0.2) is 0 Å². The third-order valence-corrected chi connectivity index (χ3v) is 5.69. The molecule has 0 N–H and O–H groups in total. The molecule has 0 heteroatoms. The fraction of sp³-hybridized carbons (Fsp3) is 0.846. The Morgan fingerprint density at radius 3 is 2.00 bits per heavy atom. The second-order valence-electron chi connectivity index (χ2n) is 8.85. The lowest BCUT2D eigenvalue weighted by Crippen LogP contribution is -1.99. The van der Waals surface area contributed by atoms with Gasteiger partial charge in [-0.15, -0.1) is 0 Å². The molecule has 0 aliphatic carbocycles. The first-order valence-corrected chi connectivity index (χ1v) is 11.8. The monoisotopic (exact) mass is 362 g/mol. The van der Waals surface area contributed by atoms with E-state index in [2.05, 4.69) is 53.7 Å². The van der Waals surface area contributed by atoms with Crippen molar-refractivity contribution in [3.63, 3.8) is 0 Å². The summed E-state index contributed by atoms with van der Waals surface area (Å²) in [7, 11) is 0. The van der Waals surface area contributed by atoms with Gasteiger partial charge in [-0.3, -0.25) is 0 Å². The third-order valence-electron chi connectivity index (χ3n) is 5.69. The van der Waals surface area contributed by atoms with Gasteiger partial charge in [-0.1, -0.05) is 103 Å². The number of unbranched alkanes of at least 4 members (excludes halogenated alkanes) is 5. The van der Waals surface area contributed by atoms with Crippen LogP contribution < -0.4 is 0 Å². The van der Waals surface area contributed by atoms with E-state index in [1.165, 1.54) is 89.9 Å². The third kappa shape index (κ3) is 15.7. The van der Waals surface area contributed by atoms with Gasteiger partial charge >= 0.3 is 0 Å². The van der Waals surface area contributed by atoms with Crippen LogP contribution in [0.25, 0.3) is 0 Å². The fourth-order valence-electron chi connectivity index (χ4n) is 3.77. The smallest absolute Gasteiger partial charge is 0.0295 e. The predicted octanol–water partition coefficient (Wildman–Crippen LogP) is 9.65. The molecule has 0 saturated carbocycles. The lowest BCUT2D eigenvalue weighted by atomic mass is 9.91. The van der Waals surface area contributed by atoms with Gasteiger partial charge < -0.3 is 0 Å². The largest absolute Gasteiger partial charge is 0.0884 e. The van der Waals surface area contributed by atoms with Crippen molar-refractivity contribution in [1.29, 1.82) is 0 Å². The normalized spacial score (nSPS) is 14.3. The Bertz CT molecular complexity index is 358. The maximum absolute atomic E-state index is 2.52. The molecule has 0 nitrogen and oxygen atoms in total. The Kier molecular flexibility index (Phi) is 17.5. The van der Waals surface area contributed by atoms with Gasteiger partial charge in [-0.05, 0) is 63.7 Å². The number of hydrogen-bond acceptors (Lipinski definition) is 0. The van der Waals surface area contributed by atoms with E-state index in [1.807, 2.05) is 0 Å². The predicted molar refractivity (Wildman–Crippen MR) is 122 cm³/mol. The Morgan fingerprint density at radius 2 is 1.42 bits per heavy atom. The molecule has 0 radical (unpaired) electrons. The van der Waals surface area contributed by atoms with E-state index in [4.69, 9.17) is 0 Å². The van der Waals surface area contributed by atoms with Crippen molar-refractivity contribution in [3.8, 4) is 0 Å². The molecular formula is C26H50. The standard InChI is InChI=1S/C26H50/c1-7-10-12-19-25(8-2)20-13-11-14-21-26(9-3)22-24(6)18-16-15-17-23(4)5/h9,19,23-24H,7-8,10-18,20-22H2,1-6H3. The summed E-state index contributed by atoms with van der Waals surface area (Å²) in [5.41, 5.74) is 3.40. The van der Waals surface area contributed by atoms with Crippen molar-refractivity contribution < 1.29 is 0 Å². The van der Waals surface area contributed by atoms with E-state index < -0.39 is 0 Å². The Balaban J connectivity index is 3.85. The van der Waals surface area contributed by atoms with Gasteiger partial charge in [0, 0.05) is 0 Å². The molecule has 0 rings (SSSR count). The summed E-state index contributed by atoms with van der Waals surface area (Å²) >= 11 is 0. The first kappa shape index (κ1) is 25.5. The summed E-state index contributed by atoms with van der Waals surface area (Å²) in [5.74, 6) is 1.73. The number of hydrogen-bond donors (Lipinski definition) is 0. The molecule has 0 aromatic rings. The van der Waals surface area contributed by atoms with Gasteiger partial charge in [0.1, 0.15) is 0 Å². The Hall–Kier alpha value is -0.520. The quantitative estimate of drug-likeness (QED) is 0.178. The van der Waals surface area contributed by atoms with Gasteiger partial charge in [0.15, 0.2) is 0 Å². The van der Waals surface area contributed by atoms with E-state index in [-0.39, 0.29) is 0 Å². The summed E-state index contributed by atoms with van der Waals surface area (Å²) in [6, 6.07) is 0. The van der Waals surface area contributed by atoms with Gasteiger partial charge in [0.2, 0.25) is 0 Å². The van der Waals surface area contributed by atoms with Crippen molar-refractivity contribution in [3.05, 3.63) is 23.3 Å². The Labute approximate surface area is 166 Å². The molecule has 0 spiro atoms. The molecule has 0 fully saturated rings. The van der Waals surface area contributed by atoms with Crippen LogP contribution in [-0.2, 0) is 0 Å². The fourth-order valence-corrected chi connectivity index (χ4v) is 3.77. The molecule has 0 saturated heterocycles. The van der Waals surface area contributed by atoms with Gasteiger partial charge in [-0.2, -0.15) is 0 Å². The highest BCUT2D eigenvalue weighted by molar-refractivity contribution is 5.02. The first-order chi connectivity index (χ1) is 12.5. The highest BCUT2D eigenvalue weighted by Crippen LogP contribution is 2.23. The zero-order valence-electron chi connectivity index (χ0n) is 19.2. The van der Waals surface area contributed by atoms with Crippen LogP contribution in [0.3, 0.4) is 0 Å². The lowest BCUT2D eigenvalue weighted by Gasteiger charge is -2.15. The molecule has 26 heavy (non-hydrogen) atoms. The van der Waals surface area contributed by atoms with E-state index in [9.17, 15) is 0 Å². The van der Waals surface area contributed by atoms with Crippen LogP contribution in [0.2, 0.25) is 0 Å². The van der Waals surface area contributed by atoms with Crippen molar-refractivity contribution >= 4 is 0 Å². The minimum Gasteiger partial charge on any atom is -0.0884 e. The molecule has 0 heterocycles. The maximum Gasteiger partial charge on any atom is -0.0295 e. The van der Waals surface area contributed by atoms with Crippen molar-refractivity contribution in [2.45, 2.75) is 131 Å². The van der Waals surface area contributed by atoms with Gasteiger partial charge in [0.05, 0.1) is 0 Å². The van der Waals surface area contributed by atoms with Crippen molar-refractivity contribution in [2.75, 3.05) is 0 Å². The molecule has 0 aliphatic rings. The van der Waals surface area contributed by atoms with Crippen LogP contribution in [0.15, 0.2) is 23.3 Å². The molecule has 0 bridgehead atoms. The molecular weight excluding hydrogens is 312 g/mol. The number of rotatable bonds is 17. The van der Waals surface area contributed by atoms with E-state index >= 15 is 0 Å². The highest BCUT2D eigenvalue weighted by atomic mass is 14.1. The average molecular weight is 363 g/mol. The summed E-state index contributed by atoms with van der Waals surface area (Å²) < 4.78 is 0. The SMILES string of the molecule is CC=C(CCCCCC(=CCCCC)CC)CC(C)CCCCC(C)C. The van der Waals surface area contributed by atoms with Crippen LogP contribution in [0.1, 0.15) is 131 Å². The maximum atomic E-state index is 2.52. The highest BCUT2D eigenvalue weighted by Gasteiger charge is 2.06. The Morgan fingerprint density at radius 1 is 0.769 bits per heavy atom. The molecule has 0 aliphatic heterocycles. The van der Waals surface area contributed by atoms with Gasteiger partial charge in [-0.25, -0.2) is 0 Å². The second-order valence-corrected chi connectivity index (χ2v) is 8.85. The van der Waals surface area contributed by atoms with Crippen molar-refractivity contribution in [2.24, 2.45) is 11.8 Å². The first-order valence-electron chi connectivity index (χ1n) is 11.8. The summed E-state index contributed by atoms with van der Waals surface area (Å²) in [5, 5.41) is 0.